The maximum Gasteiger partial charge on any atom is 0.127 e. The average molecular weight is 239 g/mol. The first-order chi connectivity index (χ1) is 8.29. The van der Waals surface area contributed by atoms with Gasteiger partial charge in [0.2, 0.25) is 0 Å². The van der Waals surface area contributed by atoms with Gasteiger partial charge in [0.05, 0.1) is 0 Å². The predicted molar refractivity (Wildman–Crippen MR) is 67.9 cm³/mol. The molecule has 1 N–H and O–H groups in total. The fourth-order valence-electron chi connectivity index (χ4n) is 3.21. The summed E-state index contributed by atoms with van der Waals surface area (Å²) in [6, 6.07) is 0.680. The molecule has 0 aromatic rings. The van der Waals surface area contributed by atoms with Gasteiger partial charge < -0.3 is 9.90 Å². The molecule has 2 saturated carbocycles. The quantitative estimate of drug-likeness (QED) is 0.691. The number of carbonyl (C=O) groups is 1. The number of hydrogen-bond donors (Lipinski definition) is 1. The van der Waals surface area contributed by atoms with Crippen LogP contribution in [0.2, 0.25) is 0 Å². The molecular formula is C14H25NO2. The number of rotatable bonds is 7. The molecule has 0 bridgehead atoms. The molecule has 98 valence electrons. The van der Waals surface area contributed by atoms with Crippen LogP contribution in [0, 0.1) is 5.41 Å². The van der Waals surface area contributed by atoms with Crippen LogP contribution in [0.15, 0.2) is 0 Å². The van der Waals surface area contributed by atoms with Gasteiger partial charge in [0.1, 0.15) is 6.29 Å². The summed E-state index contributed by atoms with van der Waals surface area (Å²) in [4.78, 5) is 13.9. The van der Waals surface area contributed by atoms with E-state index in [2.05, 4.69) is 4.90 Å². The van der Waals surface area contributed by atoms with E-state index >= 15 is 0 Å². The summed E-state index contributed by atoms with van der Waals surface area (Å²) in [7, 11) is 0. The summed E-state index contributed by atoms with van der Waals surface area (Å²) in [6.45, 7) is 2.15. The Morgan fingerprint density at radius 1 is 1.24 bits per heavy atom. The van der Waals surface area contributed by atoms with Gasteiger partial charge in [0, 0.05) is 31.2 Å². The third-order valence-electron chi connectivity index (χ3n) is 4.56. The Morgan fingerprint density at radius 2 is 1.94 bits per heavy atom. The second-order valence-corrected chi connectivity index (χ2v) is 5.82. The van der Waals surface area contributed by atoms with Gasteiger partial charge in [-0.25, -0.2) is 0 Å². The van der Waals surface area contributed by atoms with Crippen molar-refractivity contribution in [2.45, 2.75) is 57.4 Å². The lowest BCUT2D eigenvalue weighted by atomic mass is 9.84. The highest BCUT2D eigenvalue weighted by Gasteiger charge is 2.37. The smallest absolute Gasteiger partial charge is 0.127 e. The van der Waals surface area contributed by atoms with E-state index in [0.29, 0.717) is 6.04 Å². The lowest BCUT2D eigenvalue weighted by Crippen LogP contribution is -2.47. The fraction of sp³-hybridized carbons (Fsp3) is 0.929. The molecule has 0 aromatic carbocycles. The van der Waals surface area contributed by atoms with Gasteiger partial charge in [0.25, 0.3) is 0 Å². The van der Waals surface area contributed by atoms with E-state index in [9.17, 15) is 4.79 Å². The van der Waals surface area contributed by atoms with Gasteiger partial charge in [0.15, 0.2) is 0 Å². The maximum atomic E-state index is 11.4. The molecule has 17 heavy (non-hydrogen) atoms. The molecule has 2 aliphatic rings. The standard InChI is InChI=1S/C14H25NO2/c16-10-4-9-15(13-5-3-6-13)11-14(12-17)7-1-2-8-14/h12-13,16H,1-11H2. The number of aliphatic hydroxyl groups excluding tert-OH is 1. The van der Waals surface area contributed by atoms with Crippen molar-refractivity contribution in [3.05, 3.63) is 0 Å². The minimum absolute atomic E-state index is 0.0644. The molecule has 0 unspecified atom stereocenters. The minimum atomic E-state index is -0.0644. The fourth-order valence-corrected chi connectivity index (χ4v) is 3.21. The van der Waals surface area contributed by atoms with E-state index in [1.807, 2.05) is 0 Å². The SMILES string of the molecule is O=CC1(CN(CCCO)C2CCC2)CCCC1. The third kappa shape index (κ3) is 3.08. The van der Waals surface area contributed by atoms with Crippen molar-refractivity contribution < 1.29 is 9.90 Å². The van der Waals surface area contributed by atoms with Crippen LogP contribution in [0.1, 0.15) is 51.4 Å². The monoisotopic (exact) mass is 239 g/mol. The van der Waals surface area contributed by atoms with Gasteiger partial charge in [-0.05, 0) is 32.1 Å². The van der Waals surface area contributed by atoms with E-state index in [0.717, 1.165) is 32.4 Å². The van der Waals surface area contributed by atoms with Crippen LogP contribution < -0.4 is 0 Å². The van der Waals surface area contributed by atoms with Crippen molar-refractivity contribution in [1.29, 1.82) is 0 Å². The molecular weight excluding hydrogens is 214 g/mol. The van der Waals surface area contributed by atoms with E-state index in [1.54, 1.807) is 0 Å². The largest absolute Gasteiger partial charge is 0.396 e. The summed E-state index contributed by atoms with van der Waals surface area (Å²) < 4.78 is 0. The number of carbonyl (C=O) groups excluding carboxylic acids is 1. The van der Waals surface area contributed by atoms with Crippen LogP contribution in [0.5, 0.6) is 0 Å². The van der Waals surface area contributed by atoms with Gasteiger partial charge in [-0.3, -0.25) is 4.90 Å². The van der Waals surface area contributed by atoms with E-state index in [4.69, 9.17) is 5.11 Å². The zero-order valence-corrected chi connectivity index (χ0v) is 10.7. The molecule has 0 saturated heterocycles. The van der Waals surface area contributed by atoms with Crippen molar-refractivity contribution in [1.82, 2.24) is 4.90 Å². The van der Waals surface area contributed by atoms with E-state index < -0.39 is 0 Å². The van der Waals surface area contributed by atoms with Crippen LogP contribution in [0.3, 0.4) is 0 Å². The Labute approximate surface area is 104 Å². The number of nitrogens with zero attached hydrogens (tertiary/aromatic N) is 1. The first-order valence-electron chi connectivity index (χ1n) is 7.11. The van der Waals surface area contributed by atoms with Gasteiger partial charge >= 0.3 is 0 Å². The molecule has 0 radical (unpaired) electrons. The highest BCUT2D eigenvalue weighted by Crippen LogP contribution is 2.38. The van der Waals surface area contributed by atoms with Crippen molar-refractivity contribution in [3.8, 4) is 0 Å². The molecule has 2 aliphatic carbocycles. The third-order valence-corrected chi connectivity index (χ3v) is 4.56. The number of hydrogen-bond acceptors (Lipinski definition) is 3. The summed E-state index contributed by atoms with van der Waals surface area (Å²) in [5.41, 5.74) is -0.0644. The van der Waals surface area contributed by atoms with Gasteiger partial charge in [-0.1, -0.05) is 19.3 Å². The highest BCUT2D eigenvalue weighted by atomic mass is 16.3. The zero-order valence-electron chi connectivity index (χ0n) is 10.7. The predicted octanol–water partition coefficient (Wildman–Crippen LogP) is 1.98. The van der Waals surface area contributed by atoms with Crippen molar-refractivity contribution in [3.63, 3.8) is 0 Å². The van der Waals surface area contributed by atoms with Crippen LogP contribution >= 0.6 is 0 Å². The van der Waals surface area contributed by atoms with Crippen LogP contribution in [-0.4, -0.2) is 42.0 Å². The molecule has 0 heterocycles. The molecule has 0 atom stereocenters. The van der Waals surface area contributed by atoms with Crippen LogP contribution in [0.4, 0.5) is 0 Å². The first-order valence-corrected chi connectivity index (χ1v) is 7.11. The van der Waals surface area contributed by atoms with Crippen molar-refractivity contribution in [2.75, 3.05) is 19.7 Å². The molecule has 2 rings (SSSR count). The molecule has 0 spiro atoms. The normalized spacial score (nSPS) is 23.9. The maximum absolute atomic E-state index is 11.4. The Kier molecular flexibility index (Phi) is 4.57. The number of aliphatic hydroxyl groups is 1. The Morgan fingerprint density at radius 3 is 2.41 bits per heavy atom. The molecule has 2 fully saturated rings. The first kappa shape index (κ1) is 13.0. The minimum Gasteiger partial charge on any atom is -0.396 e. The molecule has 0 aromatic heterocycles. The second-order valence-electron chi connectivity index (χ2n) is 5.82. The van der Waals surface area contributed by atoms with Crippen molar-refractivity contribution >= 4 is 6.29 Å². The Hall–Kier alpha value is -0.410. The summed E-state index contributed by atoms with van der Waals surface area (Å²) in [5.74, 6) is 0. The van der Waals surface area contributed by atoms with E-state index in [1.165, 1.54) is 38.4 Å². The van der Waals surface area contributed by atoms with E-state index in [-0.39, 0.29) is 12.0 Å². The Balaban J connectivity index is 1.92. The number of aldehydes is 1. The molecule has 3 nitrogen and oxygen atoms in total. The van der Waals surface area contributed by atoms with Gasteiger partial charge in [-0.15, -0.1) is 0 Å². The van der Waals surface area contributed by atoms with Crippen LogP contribution in [0.25, 0.3) is 0 Å². The topological polar surface area (TPSA) is 40.5 Å². The summed E-state index contributed by atoms with van der Waals surface area (Å²) in [6.07, 6.45) is 10.5. The van der Waals surface area contributed by atoms with Crippen LogP contribution in [-0.2, 0) is 4.79 Å². The second kappa shape index (κ2) is 5.96. The van der Waals surface area contributed by atoms with Crippen molar-refractivity contribution in [2.24, 2.45) is 5.41 Å². The zero-order chi connectivity index (χ0) is 12.1. The molecule has 0 amide bonds. The average Bonchev–Trinajstić information content (AvgIpc) is 2.73. The highest BCUT2D eigenvalue weighted by molar-refractivity contribution is 5.60. The lowest BCUT2D eigenvalue weighted by Gasteiger charge is -2.41. The molecule has 0 aliphatic heterocycles. The van der Waals surface area contributed by atoms with Gasteiger partial charge in [-0.2, -0.15) is 0 Å². The Bertz CT molecular complexity index is 245. The molecule has 3 heteroatoms. The summed E-state index contributed by atoms with van der Waals surface area (Å²) in [5, 5.41) is 8.97. The summed E-state index contributed by atoms with van der Waals surface area (Å²) >= 11 is 0. The lowest BCUT2D eigenvalue weighted by molar-refractivity contribution is -0.117.